The molecule has 0 aromatic heterocycles. The highest BCUT2D eigenvalue weighted by Crippen LogP contribution is 2.28. The molecule has 94 valence electrons. The summed E-state index contributed by atoms with van der Waals surface area (Å²) in [5.74, 6) is 0.300. The molecule has 0 radical (unpaired) electrons. The summed E-state index contributed by atoms with van der Waals surface area (Å²) in [6, 6.07) is 5.47. The van der Waals surface area contributed by atoms with Crippen LogP contribution in [-0.4, -0.2) is 19.2 Å². The molecule has 1 aromatic carbocycles. The molecule has 0 spiro atoms. The third-order valence-electron chi connectivity index (χ3n) is 2.23. The van der Waals surface area contributed by atoms with Crippen LogP contribution >= 0.6 is 0 Å². The number of hydrogen-bond donors (Lipinski definition) is 0. The second-order valence-electron chi connectivity index (χ2n) is 3.52. The van der Waals surface area contributed by atoms with Gasteiger partial charge in [-0.15, -0.1) is 0 Å². The molecular formula is C13H17O4-. The first-order chi connectivity index (χ1) is 8.17. The first-order valence-corrected chi connectivity index (χ1v) is 5.75. The Kier molecular flexibility index (Phi) is 5.33. The topological polar surface area (TPSA) is 58.6 Å². The Morgan fingerprint density at radius 2 is 1.82 bits per heavy atom. The minimum absolute atomic E-state index is 0.0134. The van der Waals surface area contributed by atoms with E-state index in [-0.39, 0.29) is 6.42 Å². The number of aliphatic carboxylic acids is 1. The first kappa shape index (κ1) is 13.4. The summed E-state index contributed by atoms with van der Waals surface area (Å²) >= 11 is 0. The minimum Gasteiger partial charge on any atom is -0.550 e. The Balaban J connectivity index is 2.80. The van der Waals surface area contributed by atoms with E-state index >= 15 is 0 Å². The van der Waals surface area contributed by atoms with Crippen LogP contribution in [0.3, 0.4) is 0 Å². The fourth-order valence-electron chi connectivity index (χ4n) is 1.50. The van der Waals surface area contributed by atoms with Crippen LogP contribution in [0.15, 0.2) is 18.2 Å². The fraction of sp³-hybridized carbons (Fsp3) is 0.462. The van der Waals surface area contributed by atoms with Crippen LogP contribution in [-0.2, 0) is 11.2 Å². The normalized spacial score (nSPS) is 10.0. The lowest BCUT2D eigenvalue weighted by Crippen LogP contribution is -2.22. The Hall–Kier alpha value is -1.71. The third kappa shape index (κ3) is 4.34. The van der Waals surface area contributed by atoms with Gasteiger partial charge in [0.2, 0.25) is 0 Å². The molecule has 0 saturated heterocycles. The number of rotatable bonds is 7. The van der Waals surface area contributed by atoms with Crippen LogP contribution in [0.25, 0.3) is 0 Å². The van der Waals surface area contributed by atoms with Gasteiger partial charge in [0.25, 0.3) is 0 Å². The van der Waals surface area contributed by atoms with Crippen molar-refractivity contribution in [2.24, 2.45) is 0 Å². The quantitative estimate of drug-likeness (QED) is 0.714. The minimum atomic E-state index is -1.04. The molecule has 0 fully saturated rings. The number of hydrogen-bond acceptors (Lipinski definition) is 4. The number of carbonyl (C=O) groups is 1. The lowest BCUT2D eigenvalue weighted by molar-refractivity contribution is -0.305. The molecule has 0 bridgehead atoms. The highest BCUT2D eigenvalue weighted by atomic mass is 16.5. The maximum absolute atomic E-state index is 10.4. The van der Waals surface area contributed by atoms with E-state index < -0.39 is 5.97 Å². The van der Waals surface area contributed by atoms with Crippen molar-refractivity contribution >= 4 is 5.97 Å². The highest BCUT2D eigenvalue weighted by Gasteiger charge is 2.05. The summed E-state index contributed by atoms with van der Waals surface area (Å²) in [6.07, 6.45) is 0.453. The number of ether oxygens (including phenoxy) is 2. The zero-order valence-corrected chi connectivity index (χ0v) is 10.2. The van der Waals surface area contributed by atoms with Crippen LogP contribution in [0.2, 0.25) is 0 Å². The van der Waals surface area contributed by atoms with Gasteiger partial charge in [0.05, 0.1) is 13.2 Å². The Morgan fingerprint density at radius 1 is 1.18 bits per heavy atom. The molecule has 4 heteroatoms. The molecule has 1 aromatic rings. The van der Waals surface area contributed by atoms with Gasteiger partial charge in [-0.2, -0.15) is 0 Å². The second kappa shape index (κ2) is 6.78. The highest BCUT2D eigenvalue weighted by molar-refractivity contribution is 5.64. The van der Waals surface area contributed by atoms with Crippen molar-refractivity contribution in [1.29, 1.82) is 0 Å². The largest absolute Gasteiger partial charge is 0.550 e. The van der Waals surface area contributed by atoms with E-state index in [1.54, 1.807) is 6.07 Å². The van der Waals surface area contributed by atoms with Gasteiger partial charge in [-0.3, -0.25) is 0 Å². The van der Waals surface area contributed by atoms with Gasteiger partial charge >= 0.3 is 0 Å². The van der Waals surface area contributed by atoms with E-state index in [0.29, 0.717) is 31.1 Å². The molecule has 0 unspecified atom stereocenters. The lowest BCUT2D eigenvalue weighted by Gasteiger charge is -2.12. The predicted molar refractivity (Wildman–Crippen MR) is 62.1 cm³/mol. The van der Waals surface area contributed by atoms with Gasteiger partial charge in [0.15, 0.2) is 11.5 Å². The molecule has 0 heterocycles. The van der Waals surface area contributed by atoms with Gasteiger partial charge < -0.3 is 19.4 Å². The van der Waals surface area contributed by atoms with E-state index in [2.05, 4.69) is 0 Å². The van der Waals surface area contributed by atoms with E-state index in [0.717, 1.165) is 5.56 Å². The predicted octanol–water partition coefficient (Wildman–Crippen LogP) is 1.17. The molecule has 17 heavy (non-hydrogen) atoms. The molecular weight excluding hydrogens is 220 g/mol. The van der Waals surface area contributed by atoms with Gasteiger partial charge in [-0.05, 0) is 44.4 Å². The average Bonchev–Trinajstić information content (AvgIpc) is 2.30. The molecule has 4 nitrogen and oxygen atoms in total. The number of carbonyl (C=O) groups excluding carboxylic acids is 1. The SMILES string of the molecule is CCOc1ccc(CCC(=O)[O-])cc1OCC. The van der Waals surface area contributed by atoms with Gasteiger partial charge in [-0.1, -0.05) is 6.07 Å². The molecule has 0 aliphatic carbocycles. The van der Waals surface area contributed by atoms with E-state index in [4.69, 9.17) is 9.47 Å². The summed E-state index contributed by atoms with van der Waals surface area (Å²) < 4.78 is 10.9. The summed E-state index contributed by atoms with van der Waals surface area (Å²) in [5, 5.41) is 10.4. The van der Waals surface area contributed by atoms with Crippen molar-refractivity contribution in [2.45, 2.75) is 26.7 Å². The van der Waals surface area contributed by atoms with Crippen molar-refractivity contribution in [3.05, 3.63) is 23.8 Å². The van der Waals surface area contributed by atoms with Gasteiger partial charge in [0, 0.05) is 5.97 Å². The lowest BCUT2D eigenvalue weighted by atomic mass is 10.1. The smallest absolute Gasteiger partial charge is 0.161 e. The molecule has 0 aliphatic heterocycles. The monoisotopic (exact) mass is 237 g/mol. The van der Waals surface area contributed by atoms with Crippen molar-refractivity contribution in [2.75, 3.05) is 13.2 Å². The second-order valence-corrected chi connectivity index (χ2v) is 3.52. The summed E-state index contributed by atoms with van der Waals surface area (Å²) in [6.45, 7) is 4.91. The zero-order chi connectivity index (χ0) is 12.7. The maximum Gasteiger partial charge on any atom is 0.161 e. The summed E-state index contributed by atoms with van der Waals surface area (Å²) in [4.78, 5) is 10.4. The van der Waals surface area contributed by atoms with E-state index in [1.807, 2.05) is 26.0 Å². The molecule has 0 N–H and O–H groups in total. The molecule has 0 saturated carbocycles. The molecule has 0 aliphatic rings. The van der Waals surface area contributed by atoms with E-state index in [9.17, 15) is 9.90 Å². The third-order valence-corrected chi connectivity index (χ3v) is 2.23. The zero-order valence-electron chi connectivity index (χ0n) is 10.2. The average molecular weight is 237 g/mol. The van der Waals surface area contributed by atoms with Crippen molar-refractivity contribution in [3.63, 3.8) is 0 Å². The molecule has 1 rings (SSSR count). The Bertz CT molecular complexity index is 374. The van der Waals surface area contributed by atoms with Crippen LogP contribution in [0.4, 0.5) is 0 Å². The van der Waals surface area contributed by atoms with Crippen LogP contribution in [0, 0.1) is 0 Å². The van der Waals surface area contributed by atoms with Crippen molar-refractivity contribution < 1.29 is 19.4 Å². The van der Waals surface area contributed by atoms with E-state index in [1.165, 1.54) is 0 Å². The molecule has 0 atom stereocenters. The van der Waals surface area contributed by atoms with Gasteiger partial charge in [0.1, 0.15) is 0 Å². The van der Waals surface area contributed by atoms with Crippen molar-refractivity contribution in [3.8, 4) is 11.5 Å². The Labute approximate surface area is 101 Å². The molecule has 0 amide bonds. The maximum atomic E-state index is 10.4. The number of carboxylic acids is 1. The standard InChI is InChI=1S/C13H18O4/c1-3-16-11-7-5-10(6-8-13(14)15)9-12(11)17-4-2/h5,7,9H,3-4,6,8H2,1-2H3,(H,14,15)/p-1. The van der Waals surface area contributed by atoms with Crippen LogP contribution in [0.1, 0.15) is 25.8 Å². The summed E-state index contributed by atoms with van der Waals surface area (Å²) in [5.41, 5.74) is 0.904. The van der Waals surface area contributed by atoms with Crippen LogP contribution < -0.4 is 14.6 Å². The first-order valence-electron chi connectivity index (χ1n) is 5.75. The number of benzene rings is 1. The fourth-order valence-corrected chi connectivity index (χ4v) is 1.50. The van der Waals surface area contributed by atoms with Crippen LogP contribution in [0.5, 0.6) is 11.5 Å². The summed E-state index contributed by atoms with van der Waals surface area (Å²) in [7, 11) is 0. The number of carboxylic acid groups (broad SMARTS) is 1. The van der Waals surface area contributed by atoms with Gasteiger partial charge in [-0.25, -0.2) is 0 Å². The Morgan fingerprint density at radius 3 is 2.41 bits per heavy atom. The van der Waals surface area contributed by atoms with Crippen molar-refractivity contribution in [1.82, 2.24) is 0 Å². The number of aryl methyl sites for hydroxylation is 1.